The van der Waals surface area contributed by atoms with Crippen molar-refractivity contribution in [3.05, 3.63) is 41.7 Å². The van der Waals surface area contributed by atoms with Crippen molar-refractivity contribution in [3.63, 3.8) is 0 Å². The minimum Gasteiger partial charge on any atom is -0.399 e. The average molecular weight is 175 g/mol. The highest BCUT2D eigenvalue weighted by molar-refractivity contribution is 5.88. The van der Waals surface area contributed by atoms with Crippen LogP contribution in [0.3, 0.4) is 0 Å². The van der Waals surface area contributed by atoms with Crippen LogP contribution < -0.4 is 5.73 Å². The molecule has 0 aliphatic carbocycles. The van der Waals surface area contributed by atoms with Crippen LogP contribution in [0, 0.1) is 12.7 Å². The molecule has 0 aromatic heterocycles. The molecular weight excluding hydrogens is 165 g/mol. The fraction of sp³-hybridized carbons (Fsp3) is 0.0909. The summed E-state index contributed by atoms with van der Waals surface area (Å²) >= 11 is 0. The maximum absolute atomic E-state index is 12.9. The van der Waals surface area contributed by atoms with E-state index in [-0.39, 0.29) is 5.82 Å². The molecule has 1 nitrogen and oxygen atoms in total. The van der Waals surface area contributed by atoms with Crippen LogP contribution in [0.5, 0.6) is 0 Å². The third-order valence-corrected chi connectivity index (χ3v) is 2.15. The molecule has 2 aromatic carbocycles. The first-order chi connectivity index (χ1) is 6.16. The lowest BCUT2D eigenvalue weighted by Gasteiger charge is -2.03. The van der Waals surface area contributed by atoms with Gasteiger partial charge in [0, 0.05) is 5.69 Å². The number of nitrogen functional groups attached to an aromatic ring is 1. The second-order valence-electron chi connectivity index (χ2n) is 3.20. The van der Waals surface area contributed by atoms with Gasteiger partial charge in [-0.3, -0.25) is 0 Å². The van der Waals surface area contributed by atoms with Crippen molar-refractivity contribution in [1.82, 2.24) is 0 Å². The van der Waals surface area contributed by atoms with Gasteiger partial charge in [-0.2, -0.15) is 0 Å². The average Bonchev–Trinajstić information content (AvgIpc) is 2.06. The second kappa shape index (κ2) is 2.73. The molecule has 0 fully saturated rings. The third-order valence-electron chi connectivity index (χ3n) is 2.15. The zero-order valence-corrected chi connectivity index (χ0v) is 7.34. The van der Waals surface area contributed by atoms with Crippen LogP contribution in [-0.4, -0.2) is 0 Å². The third kappa shape index (κ3) is 1.35. The molecule has 2 heteroatoms. The summed E-state index contributed by atoms with van der Waals surface area (Å²) < 4.78 is 12.9. The van der Waals surface area contributed by atoms with Gasteiger partial charge in [-0.15, -0.1) is 0 Å². The van der Waals surface area contributed by atoms with E-state index in [9.17, 15) is 4.39 Å². The molecule has 0 radical (unpaired) electrons. The van der Waals surface area contributed by atoms with E-state index < -0.39 is 0 Å². The summed E-state index contributed by atoms with van der Waals surface area (Å²) in [5, 5.41) is 1.91. The van der Waals surface area contributed by atoms with Gasteiger partial charge in [0.1, 0.15) is 5.82 Å². The van der Waals surface area contributed by atoms with E-state index in [4.69, 9.17) is 5.73 Å². The molecule has 0 bridgehead atoms. The van der Waals surface area contributed by atoms with E-state index in [2.05, 4.69) is 0 Å². The van der Waals surface area contributed by atoms with Gasteiger partial charge >= 0.3 is 0 Å². The highest BCUT2D eigenvalue weighted by atomic mass is 19.1. The first kappa shape index (κ1) is 8.05. The van der Waals surface area contributed by atoms with Gasteiger partial charge in [-0.25, -0.2) is 4.39 Å². The van der Waals surface area contributed by atoms with E-state index in [1.165, 1.54) is 12.1 Å². The first-order valence-corrected chi connectivity index (χ1v) is 4.12. The Morgan fingerprint density at radius 1 is 1.15 bits per heavy atom. The fourth-order valence-electron chi connectivity index (χ4n) is 1.54. The Kier molecular flexibility index (Phi) is 1.69. The SMILES string of the molecule is Cc1cc(N)cc2ccc(F)cc12. The summed E-state index contributed by atoms with van der Waals surface area (Å²) in [6, 6.07) is 8.42. The molecule has 0 unspecified atom stereocenters. The van der Waals surface area contributed by atoms with Crippen LogP contribution in [0.1, 0.15) is 5.56 Å². The normalized spacial score (nSPS) is 10.6. The molecule has 0 aliphatic heterocycles. The molecule has 0 heterocycles. The van der Waals surface area contributed by atoms with Crippen molar-refractivity contribution in [1.29, 1.82) is 0 Å². The van der Waals surface area contributed by atoms with Crippen LogP contribution in [0.25, 0.3) is 10.8 Å². The zero-order chi connectivity index (χ0) is 9.42. The lowest BCUT2D eigenvalue weighted by molar-refractivity contribution is 0.629. The van der Waals surface area contributed by atoms with Gasteiger partial charge in [-0.05, 0) is 47.5 Å². The van der Waals surface area contributed by atoms with Crippen molar-refractivity contribution in [2.45, 2.75) is 6.92 Å². The number of benzene rings is 2. The standard InChI is InChI=1S/C11H10FN/c1-7-4-10(13)5-8-2-3-9(12)6-11(7)8/h2-6H,13H2,1H3. The minimum absolute atomic E-state index is 0.208. The topological polar surface area (TPSA) is 26.0 Å². The van der Waals surface area contributed by atoms with E-state index in [1.807, 2.05) is 19.1 Å². The number of fused-ring (bicyclic) bond motifs is 1. The van der Waals surface area contributed by atoms with Gasteiger partial charge in [0.2, 0.25) is 0 Å². The molecule has 2 N–H and O–H groups in total. The molecule has 0 atom stereocenters. The van der Waals surface area contributed by atoms with Crippen molar-refractivity contribution < 1.29 is 4.39 Å². The first-order valence-electron chi connectivity index (χ1n) is 4.12. The Labute approximate surface area is 76.0 Å². The fourth-order valence-corrected chi connectivity index (χ4v) is 1.54. The number of hydrogen-bond acceptors (Lipinski definition) is 1. The van der Waals surface area contributed by atoms with Crippen LogP contribution in [0.15, 0.2) is 30.3 Å². The molecule has 0 amide bonds. The Morgan fingerprint density at radius 2 is 1.92 bits per heavy atom. The van der Waals surface area contributed by atoms with Gasteiger partial charge < -0.3 is 5.73 Å². The van der Waals surface area contributed by atoms with E-state index in [0.29, 0.717) is 0 Å². The summed E-state index contributed by atoms with van der Waals surface area (Å²) in [5.41, 5.74) is 7.40. The number of anilines is 1. The van der Waals surface area contributed by atoms with Gasteiger partial charge in [0.05, 0.1) is 0 Å². The van der Waals surface area contributed by atoms with Gasteiger partial charge in [0.15, 0.2) is 0 Å². The lowest BCUT2D eigenvalue weighted by Crippen LogP contribution is -1.87. The van der Waals surface area contributed by atoms with Crippen molar-refractivity contribution in [2.24, 2.45) is 0 Å². The maximum Gasteiger partial charge on any atom is 0.123 e. The Hall–Kier alpha value is -1.57. The zero-order valence-electron chi connectivity index (χ0n) is 7.34. The number of nitrogens with two attached hydrogens (primary N) is 1. The van der Waals surface area contributed by atoms with Crippen LogP contribution in [0.2, 0.25) is 0 Å². The largest absolute Gasteiger partial charge is 0.399 e. The van der Waals surface area contributed by atoms with Gasteiger partial charge in [-0.1, -0.05) is 6.07 Å². The molecule has 13 heavy (non-hydrogen) atoms. The predicted molar refractivity (Wildman–Crippen MR) is 53.1 cm³/mol. The highest BCUT2D eigenvalue weighted by Gasteiger charge is 1.99. The smallest absolute Gasteiger partial charge is 0.123 e. The van der Waals surface area contributed by atoms with Crippen molar-refractivity contribution in [3.8, 4) is 0 Å². The number of aryl methyl sites for hydroxylation is 1. The molecule has 0 spiro atoms. The molecule has 66 valence electrons. The quantitative estimate of drug-likeness (QED) is 0.612. The Morgan fingerprint density at radius 3 is 2.69 bits per heavy atom. The Balaban J connectivity index is 2.87. The Bertz CT molecular complexity index is 463. The number of rotatable bonds is 0. The summed E-state index contributed by atoms with van der Waals surface area (Å²) in [6.07, 6.45) is 0. The molecule has 0 aliphatic rings. The summed E-state index contributed by atoms with van der Waals surface area (Å²) in [7, 11) is 0. The van der Waals surface area contributed by atoms with E-state index in [1.54, 1.807) is 6.07 Å². The predicted octanol–water partition coefficient (Wildman–Crippen LogP) is 2.87. The van der Waals surface area contributed by atoms with Crippen molar-refractivity contribution >= 4 is 16.5 Å². The van der Waals surface area contributed by atoms with Crippen LogP contribution in [0.4, 0.5) is 10.1 Å². The second-order valence-corrected chi connectivity index (χ2v) is 3.20. The molecule has 2 rings (SSSR count). The molecule has 0 saturated heterocycles. The number of hydrogen-bond donors (Lipinski definition) is 1. The summed E-state index contributed by atoms with van der Waals surface area (Å²) in [6.45, 7) is 1.93. The van der Waals surface area contributed by atoms with Crippen molar-refractivity contribution in [2.75, 3.05) is 5.73 Å². The van der Waals surface area contributed by atoms with Crippen LogP contribution in [-0.2, 0) is 0 Å². The van der Waals surface area contributed by atoms with Crippen LogP contribution >= 0.6 is 0 Å². The minimum atomic E-state index is -0.208. The summed E-state index contributed by atoms with van der Waals surface area (Å²) in [4.78, 5) is 0. The maximum atomic E-state index is 12.9. The lowest BCUT2D eigenvalue weighted by atomic mass is 10.0. The number of halogens is 1. The van der Waals surface area contributed by atoms with E-state index in [0.717, 1.165) is 22.0 Å². The molecule has 0 saturated carbocycles. The molecule has 2 aromatic rings. The summed E-state index contributed by atoms with van der Waals surface area (Å²) in [5.74, 6) is -0.208. The monoisotopic (exact) mass is 175 g/mol. The van der Waals surface area contributed by atoms with Gasteiger partial charge in [0.25, 0.3) is 0 Å². The highest BCUT2D eigenvalue weighted by Crippen LogP contribution is 2.22. The van der Waals surface area contributed by atoms with E-state index >= 15 is 0 Å². The molecular formula is C11H10FN.